The van der Waals surface area contributed by atoms with E-state index < -0.39 is 17.4 Å². The number of carbonyl (C=O) groups is 4. The van der Waals surface area contributed by atoms with Crippen LogP contribution in [0.25, 0.3) is 0 Å². The molecule has 8 heteroatoms. The van der Waals surface area contributed by atoms with Crippen LogP contribution in [0.4, 0.5) is 0 Å². The van der Waals surface area contributed by atoms with Gasteiger partial charge in [-0.05, 0) is 134 Å². The molecule has 0 unspecified atom stereocenters. The standard InChI is InChI=1S/C43H69NO7/c1-27(2)28-14-19-43(22-23-50-35(48)24-33(45)44(10)11)21-20-41(8)29(37(28)43)12-13-31-40(7)17-16-32(39(5,6)30(40)15-18-42(31,41)9)51-36(49)26-38(3,4)25-34(46)47/h28-32,37H,1,12-26H2,2-11H3,(H,46,47)/t28-,29+,30-,31+,32-,37+,40-,41+,42+,43+/m0/s1. The van der Waals surface area contributed by atoms with E-state index in [1.807, 2.05) is 13.8 Å². The van der Waals surface area contributed by atoms with Gasteiger partial charge in [0.05, 0.1) is 19.4 Å². The number of carbonyl (C=O) groups excluding carboxylic acids is 3. The summed E-state index contributed by atoms with van der Waals surface area (Å²) >= 11 is 0. The predicted octanol–water partition coefficient (Wildman–Crippen LogP) is 8.86. The number of aliphatic carboxylic acids is 1. The quantitative estimate of drug-likeness (QED) is 0.130. The summed E-state index contributed by atoms with van der Waals surface area (Å²) < 4.78 is 12.0. The number of carboxylic acid groups (broad SMARTS) is 1. The zero-order chi connectivity index (χ0) is 37.9. The topological polar surface area (TPSA) is 110 Å². The lowest BCUT2D eigenvalue weighted by Gasteiger charge is -2.73. The Hall–Kier alpha value is -2.38. The maximum Gasteiger partial charge on any atom is 0.315 e. The second-order valence-electron chi connectivity index (χ2n) is 20.2. The van der Waals surface area contributed by atoms with Crippen molar-refractivity contribution in [2.75, 3.05) is 20.7 Å². The normalized spacial score (nSPS) is 39.7. The summed E-state index contributed by atoms with van der Waals surface area (Å²) in [6.07, 6.45) is 11.8. The van der Waals surface area contributed by atoms with Crippen molar-refractivity contribution in [3.63, 3.8) is 0 Å². The Labute approximate surface area is 308 Å². The van der Waals surface area contributed by atoms with Crippen LogP contribution in [-0.4, -0.2) is 60.6 Å². The van der Waals surface area contributed by atoms with E-state index >= 15 is 0 Å². The fourth-order valence-corrected chi connectivity index (χ4v) is 13.7. The number of allylic oxidation sites excluding steroid dienone is 1. The van der Waals surface area contributed by atoms with E-state index in [-0.39, 0.29) is 64.3 Å². The van der Waals surface area contributed by atoms with Gasteiger partial charge in [0.15, 0.2) is 0 Å². The lowest BCUT2D eigenvalue weighted by Crippen LogP contribution is -2.66. The van der Waals surface area contributed by atoms with Gasteiger partial charge in [0.1, 0.15) is 12.5 Å². The van der Waals surface area contributed by atoms with Gasteiger partial charge in [-0.25, -0.2) is 0 Å². The number of ether oxygens (including phenoxy) is 2. The van der Waals surface area contributed by atoms with E-state index in [2.05, 4.69) is 48.1 Å². The molecule has 0 saturated heterocycles. The first kappa shape index (κ1) is 39.8. The van der Waals surface area contributed by atoms with Crippen LogP contribution in [0.2, 0.25) is 0 Å². The highest BCUT2D eigenvalue weighted by atomic mass is 16.5. The molecule has 0 radical (unpaired) electrons. The Kier molecular flexibility index (Phi) is 10.8. The molecule has 8 nitrogen and oxygen atoms in total. The Morgan fingerprint density at radius 3 is 2.14 bits per heavy atom. The second kappa shape index (κ2) is 13.8. The maximum absolute atomic E-state index is 13.2. The van der Waals surface area contributed by atoms with Gasteiger partial charge in [0.2, 0.25) is 5.91 Å². The molecular weight excluding hydrogens is 642 g/mol. The van der Waals surface area contributed by atoms with Gasteiger partial charge in [0, 0.05) is 19.5 Å². The number of fused-ring (bicyclic) bond motifs is 7. The van der Waals surface area contributed by atoms with Crippen LogP contribution in [-0.2, 0) is 28.7 Å². The van der Waals surface area contributed by atoms with Crippen molar-refractivity contribution in [3.8, 4) is 0 Å². The summed E-state index contributed by atoms with van der Waals surface area (Å²) in [5.41, 5.74) is 1.13. The molecule has 1 amide bonds. The summed E-state index contributed by atoms with van der Waals surface area (Å²) in [7, 11) is 3.32. The lowest BCUT2D eigenvalue weighted by atomic mass is 9.32. The summed E-state index contributed by atoms with van der Waals surface area (Å²) in [5.74, 6) is 0.798. The first-order valence-corrected chi connectivity index (χ1v) is 20.0. The van der Waals surface area contributed by atoms with Crippen LogP contribution < -0.4 is 0 Å². The third-order valence-electron chi connectivity index (χ3n) is 16.4. The molecule has 5 saturated carbocycles. The van der Waals surface area contributed by atoms with Crippen LogP contribution in [0.5, 0.6) is 0 Å². The number of esters is 2. The van der Waals surface area contributed by atoms with Crippen molar-refractivity contribution >= 4 is 23.8 Å². The molecule has 1 N–H and O–H groups in total. The molecule has 5 rings (SSSR count). The van der Waals surface area contributed by atoms with E-state index in [1.165, 1.54) is 36.2 Å². The predicted molar refractivity (Wildman–Crippen MR) is 198 cm³/mol. The van der Waals surface area contributed by atoms with E-state index in [0.29, 0.717) is 36.2 Å². The van der Waals surface area contributed by atoms with Gasteiger partial charge in [-0.15, -0.1) is 0 Å². The second-order valence-corrected chi connectivity index (χ2v) is 20.2. The SMILES string of the molecule is C=C(C)[C@@H]1CC[C@]2(CCOC(=O)CC(=O)N(C)C)CC[C@]3(C)[C@H](CC[C@@H]4[C@@]5(C)CC[C@H](OC(=O)CC(C)(C)CC(=O)O)C(C)(C)[C@@H]5CC[C@]43C)[C@@H]12. The van der Waals surface area contributed by atoms with Gasteiger partial charge >= 0.3 is 17.9 Å². The number of hydrogen-bond donors (Lipinski definition) is 1. The summed E-state index contributed by atoms with van der Waals surface area (Å²) in [6, 6.07) is 0. The van der Waals surface area contributed by atoms with Crippen molar-refractivity contribution in [3.05, 3.63) is 12.2 Å². The van der Waals surface area contributed by atoms with Gasteiger partial charge in [0.25, 0.3) is 0 Å². The zero-order valence-electron chi connectivity index (χ0n) is 33.6. The number of hydrogen-bond acceptors (Lipinski definition) is 6. The van der Waals surface area contributed by atoms with Crippen molar-refractivity contribution in [1.29, 1.82) is 0 Å². The van der Waals surface area contributed by atoms with Gasteiger partial charge in [-0.3, -0.25) is 19.2 Å². The molecule has 10 atom stereocenters. The van der Waals surface area contributed by atoms with E-state index in [0.717, 1.165) is 44.9 Å². The molecule has 0 aromatic heterocycles. The van der Waals surface area contributed by atoms with Crippen LogP contribution >= 0.6 is 0 Å². The zero-order valence-corrected chi connectivity index (χ0v) is 33.6. The van der Waals surface area contributed by atoms with Gasteiger partial charge in [-0.2, -0.15) is 0 Å². The average Bonchev–Trinajstić information content (AvgIpc) is 3.38. The molecule has 0 bridgehead atoms. The summed E-state index contributed by atoms with van der Waals surface area (Å²) in [4.78, 5) is 50.7. The fraction of sp³-hybridized carbons (Fsp3) is 0.860. The molecule has 5 aliphatic carbocycles. The maximum atomic E-state index is 13.2. The van der Waals surface area contributed by atoms with Crippen molar-refractivity contribution in [1.82, 2.24) is 4.90 Å². The molecule has 5 aliphatic rings. The summed E-state index contributed by atoms with van der Waals surface area (Å²) in [6.45, 7) is 23.3. The van der Waals surface area contributed by atoms with E-state index in [9.17, 15) is 24.3 Å². The molecule has 5 fully saturated rings. The van der Waals surface area contributed by atoms with Crippen molar-refractivity contribution in [2.45, 2.75) is 151 Å². The largest absolute Gasteiger partial charge is 0.481 e. The molecular formula is C43H69NO7. The van der Waals surface area contributed by atoms with E-state index in [4.69, 9.17) is 9.47 Å². The number of nitrogens with zero attached hydrogens (tertiary/aromatic N) is 1. The van der Waals surface area contributed by atoms with E-state index in [1.54, 1.807) is 14.1 Å². The Morgan fingerprint density at radius 1 is 0.824 bits per heavy atom. The third-order valence-corrected chi connectivity index (χ3v) is 16.4. The molecule has 0 heterocycles. The first-order valence-electron chi connectivity index (χ1n) is 20.0. The minimum atomic E-state index is -0.891. The Balaban J connectivity index is 1.34. The van der Waals surface area contributed by atoms with Crippen LogP contribution in [0.15, 0.2) is 12.2 Å². The highest BCUT2D eigenvalue weighted by Gasteiger charge is 2.71. The number of carboxylic acids is 1. The minimum absolute atomic E-state index is 0.0569. The Morgan fingerprint density at radius 2 is 1.51 bits per heavy atom. The molecule has 0 aromatic rings. The smallest absolute Gasteiger partial charge is 0.315 e. The first-order chi connectivity index (χ1) is 23.5. The Bertz CT molecular complexity index is 1400. The third kappa shape index (κ3) is 6.93. The fourth-order valence-electron chi connectivity index (χ4n) is 13.7. The molecule has 288 valence electrons. The molecule has 0 spiro atoms. The van der Waals surface area contributed by atoms with Crippen LogP contribution in [0.3, 0.4) is 0 Å². The number of amides is 1. The monoisotopic (exact) mass is 712 g/mol. The van der Waals surface area contributed by atoms with Crippen LogP contribution in [0.1, 0.15) is 145 Å². The lowest BCUT2D eigenvalue weighted by molar-refractivity contribution is -0.251. The summed E-state index contributed by atoms with van der Waals surface area (Å²) in [5, 5.41) is 9.33. The van der Waals surface area contributed by atoms with Crippen molar-refractivity contribution < 1.29 is 33.8 Å². The highest BCUT2D eigenvalue weighted by Crippen LogP contribution is 2.78. The van der Waals surface area contributed by atoms with Gasteiger partial charge in [-0.1, -0.05) is 60.6 Å². The molecule has 0 aromatic carbocycles. The van der Waals surface area contributed by atoms with Crippen molar-refractivity contribution in [2.24, 2.45) is 62.1 Å². The minimum Gasteiger partial charge on any atom is -0.481 e. The molecule has 51 heavy (non-hydrogen) atoms. The van der Waals surface area contributed by atoms with Crippen LogP contribution in [0, 0.1) is 62.1 Å². The average molecular weight is 712 g/mol. The number of rotatable bonds is 11. The molecule has 0 aliphatic heterocycles. The highest BCUT2D eigenvalue weighted by molar-refractivity contribution is 5.94. The van der Waals surface area contributed by atoms with Gasteiger partial charge < -0.3 is 19.5 Å².